The van der Waals surface area contributed by atoms with Crippen LogP contribution < -0.4 is 5.32 Å². The zero-order chi connectivity index (χ0) is 12.1. The zero-order valence-corrected chi connectivity index (χ0v) is 11.0. The Morgan fingerprint density at radius 3 is 2.81 bits per heavy atom. The van der Waals surface area contributed by atoms with E-state index >= 15 is 0 Å². The minimum absolute atomic E-state index is 0.0387. The first-order valence-electron chi connectivity index (χ1n) is 5.69. The molecule has 2 atom stereocenters. The van der Waals surface area contributed by atoms with Crippen LogP contribution in [-0.4, -0.2) is 47.4 Å². The van der Waals surface area contributed by atoms with E-state index in [-0.39, 0.29) is 24.4 Å². The van der Waals surface area contributed by atoms with Crippen molar-refractivity contribution in [2.45, 2.75) is 38.0 Å². The lowest BCUT2D eigenvalue weighted by atomic mass is 10.1. The molecule has 2 amide bonds. The van der Waals surface area contributed by atoms with Crippen LogP contribution >= 0.6 is 11.8 Å². The van der Waals surface area contributed by atoms with Crippen LogP contribution in [0.2, 0.25) is 0 Å². The number of piperazine rings is 1. The van der Waals surface area contributed by atoms with Gasteiger partial charge in [0, 0.05) is 11.8 Å². The fourth-order valence-corrected chi connectivity index (χ4v) is 2.04. The first-order valence-corrected chi connectivity index (χ1v) is 6.98. The number of hydrogen-bond acceptors (Lipinski definition) is 3. The van der Waals surface area contributed by atoms with Crippen molar-refractivity contribution in [2.24, 2.45) is 0 Å². The first kappa shape index (κ1) is 13.4. The summed E-state index contributed by atoms with van der Waals surface area (Å²) in [6.45, 7) is 4.95. The van der Waals surface area contributed by atoms with Gasteiger partial charge in [-0.05, 0) is 19.1 Å². The SMILES string of the molecule is CCC1NC(=O)CN(CCC(C)SC)C1=O. The molecule has 0 aliphatic carbocycles. The minimum Gasteiger partial charge on any atom is -0.343 e. The third-order valence-corrected chi connectivity index (χ3v) is 3.94. The molecule has 16 heavy (non-hydrogen) atoms. The smallest absolute Gasteiger partial charge is 0.245 e. The van der Waals surface area contributed by atoms with Gasteiger partial charge in [0.15, 0.2) is 0 Å². The van der Waals surface area contributed by atoms with Gasteiger partial charge >= 0.3 is 0 Å². The molecule has 1 aliphatic heterocycles. The number of thioether (sulfide) groups is 1. The van der Waals surface area contributed by atoms with Gasteiger partial charge in [-0.25, -0.2) is 0 Å². The van der Waals surface area contributed by atoms with Gasteiger partial charge in [0.05, 0.1) is 6.54 Å². The lowest BCUT2D eigenvalue weighted by molar-refractivity contribution is -0.144. The molecule has 0 aromatic heterocycles. The van der Waals surface area contributed by atoms with E-state index in [2.05, 4.69) is 18.5 Å². The molecule has 1 saturated heterocycles. The highest BCUT2D eigenvalue weighted by atomic mass is 32.2. The Labute approximate surface area is 101 Å². The van der Waals surface area contributed by atoms with Crippen LogP contribution in [0, 0.1) is 0 Å². The number of carbonyl (C=O) groups is 2. The van der Waals surface area contributed by atoms with Crippen molar-refractivity contribution >= 4 is 23.6 Å². The maximum absolute atomic E-state index is 11.9. The van der Waals surface area contributed by atoms with Crippen molar-refractivity contribution in [1.29, 1.82) is 0 Å². The number of nitrogens with one attached hydrogen (secondary N) is 1. The molecule has 5 heteroatoms. The molecule has 4 nitrogen and oxygen atoms in total. The molecule has 0 saturated carbocycles. The quantitative estimate of drug-likeness (QED) is 0.780. The highest BCUT2D eigenvalue weighted by Crippen LogP contribution is 2.12. The van der Waals surface area contributed by atoms with E-state index in [4.69, 9.17) is 0 Å². The number of hydrogen-bond donors (Lipinski definition) is 1. The van der Waals surface area contributed by atoms with Gasteiger partial charge in [-0.2, -0.15) is 11.8 Å². The summed E-state index contributed by atoms with van der Waals surface area (Å²) < 4.78 is 0. The second-order valence-corrected chi connectivity index (χ2v) is 5.40. The number of nitrogens with zero attached hydrogens (tertiary/aromatic N) is 1. The summed E-state index contributed by atoms with van der Waals surface area (Å²) in [4.78, 5) is 25.0. The van der Waals surface area contributed by atoms with E-state index in [1.165, 1.54) is 0 Å². The summed E-state index contributed by atoms with van der Waals surface area (Å²) in [5, 5.41) is 3.24. The van der Waals surface area contributed by atoms with Crippen LogP contribution in [0.25, 0.3) is 0 Å². The summed E-state index contributed by atoms with van der Waals surface area (Å²) in [6, 6.07) is -0.314. The monoisotopic (exact) mass is 244 g/mol. The molecule has 1 heterocycles. The van der Waals surface area contributed by atoms with E-state index in [0.717, 1.165) is 6.42 Å². The van der Waals surface area contributed by atoms with Crippen molar-refractivity contribution in [2.75, 3.05) is 19.3 Å². The molecule has 0 aromatic rings. The van der Waals surface area contributed by atoms with Gasteiger partial charge in [-0.15, -0.1) is 0 Å². The zero-order valence-electron chi connectivity index (χ0n) is 10.2. The fourth-order valence-electron chi connectivity index (χ4n) is 1.69. The highest BCUT2D eigenvalue weighted by Gasteiger charge is 2.30. The third kappa shape index (κ3) is 3.40. The van der Waals surface area contributed by atoms with Crippen molar-refractivity contribution < 1.29 is 9.59 Å². The second kappa shape index (κ2) is 6.13. The molecular weight excluding hydrogens is 224 g/mol. The van der Waals surface area contributed by atoms with Crippen LogP contribution in [0.3, 0.4) is 0 Å². The predicted octanol–water partition coefficient (Wildman–Crippen LogP) is 0.865. The van der Waals surface area contributed by atoms with Crippen molar-refractivity contribution in [1.82, 2.24) is 10.2 Å². The van der Waals surface area contributed by atoms with E-state index in [0.29, 0.717) is 18.2 Å². The predicted molar refractivity (Wildman–Crippen MR) is 66.4 cm³/mol. The number of carbonyl (C=O) groups excluding carboxylic acids is 2. The molecule has 92 valence electrons. The lowest BCUT2D eigenvalue weighted by Gasteiger charge is -2.32. The van der Waals surface area contributed by atoms with Crippen LogP contribution in [0.1, 0.15) is 26.7 Å². The molecule has 1 rings (SSSR count). The first-order chi connectivity index (χ1) is 7.58. The standard InChI is InChI=1S/C11H20N2O2S/c1-4-9-11(15)13(7-10(14)12-9)6-5-8(2)16-3/h8-9H,4-7H2,1-3H3,(H,12,14). The van der Waals surface area contributed by atoms with E-state index in [9.17, 15) is 9.59 Å². The average molecular weight is 244 g/mol. The van der Waals surface area contributed by atoms with Crippen molar-refractivity contribution in [3.8, 4) is 0 Å². The van der Waals surface area contributed by atoms with Gasteiger partial charge in [-0.3, -0.25) is 9.59 Å². The molecule has 0 bridgehead atoms. The molecular formula is C11H20N2O2S. The molecule has 0 radical (unpaired) electrons. The van der Waals surface area contributed by atoms with Gasteiger partial charge in [-0.1, -0.05) is 13.8 Å². The van der Waals surface area contributed by atoms with E-state index in [1.54, 1.807) is 16.7 Å². The van der Waals surface area contributed by atoms with Crippen LogP contribution in [-0.2, 0) is 9.59 Å². The van der Waals surface area contributed by atoms with Gasteiger partial charge in [0.2, 0.25) is 11.8 Å². The Balaban J connectivity index is 2.51. The normalized spacial score (nSPS) is 23.2. The summed E-state index contributed by atoms with van der Waals surface area (Å²) >= 11 is 1.78. The van der Waals surface area contributed by atoms with Gasteiger partial charge < -0.3 is 10.2 Å². The minimum atomic E-state index is -0.314. The van der Waals surface area contributed by atoms with Crippen molar-refractivity contribution in [3.63, 3.8) is 0 Å². The molecule has 0 aromatic carbocycles. The Morgan fingerprint density at radius 2 is 2.25 bits per heavy atom. The summed E-state index contributed by atoms with van der Waals surface area (Å²) in [5.74, 6) is 0.0265. The number of rotatable bonds is 5. The Kier molecular flexibility index (Phi) is 5.12. The average Bonchev–Trinajstić information content (AvgIpc) is 2.29. The van der Waals surface area contributed by atoms with Crippen LogP contribution in [0.4, 0.5) is 0 Å². The van der Waals surface area contributed by atoms with E-state index < -0.39 is 0 Å². The number of amides is 2. The molecule has 1 aliphatic rings. The third-order valence-electron chi connectivity index (χ3n) is 2.90. The molecule has 1 fully saturated rings. The fraction of sp³-hybridized carbons (Fsp3) is 0.818. The Bertz CT molecular complexity index is 271. The largest absolute Gasteiger partial charge is 0.343 e. The van der Waals surface area contributed by atoms with Gasteiger partial charge in [0.1, 0.15) is 6.04 Å². The Hall–Kier alpha value is -0.710. The maximum Gasteiger partial charge on any atom is 0.245 e. The summed E-state index contributed by atoms with van der Waals surface area (Å²) in [7, 11) is 0. The summed E-state index contributed by atoms with van der Waals surface area (Å²) in [6.07, 6.45) is 3.67. The topological polar surface area (TPSA) is 49.4 Å². The van der Waals surface area contributed by atoms with Crippen molar-refractivity contribution in [3.05, 3.63) is 0 Å². The second-order valence-electron chi connectivity index (χ2n) is 4.12. The highest BCUT2D eigenvalue weighted by molar-refractivity contribution is 7.99. The van der Waals surface area contributed by atoms with Gasteiger partial charge in [0.25, 0.3) is 0 Å². The molecule has 0 spiro atoms. The summed E-state index contributed by atoms with van der Waals surface area (Å²) in [5.41, 5.74) is 0. The van der Waals surface area contributed by atoms with Crippen LogP contribution in [0.15, 0.2) is 0 Å². The Morgan fingerprint density at radius 1 is 1.56 bits per heavy atom. The maximum atomic E-state index is 11.9. The molecule has 1 N–H and O–H groups in total. The lowest BCUT2D eigenvalue weighted by Crippen LogP contribution is -2.57. The van der Waals surface area contributed by atoms with Crippen LogP contribution in [0.5, 0.6) is 0 Å². The molecule has 2 unspecified atom stereocenters. The van der Waals surface area contributed by atoms with E-state index in [1.807, 2.05) is 6.92 Å².